The third-order valence-electron chi connectivity index (χ3n) is 3.35. The number of aromatic nitrogens is 2. The Hall–Kier alpha value is -0.920. The number of nitrogens with one attached hydrogen (secondary N) is 1. The van der Waals surface area contributed by atoms with Gasteiger partial charge in [0.05, 0.1) is 0 Å². The minimum absolute atomic E-state index is 0. The molecule has 20 heavy (non-hydrogen) atoms. The summed E-state index contributed by atoms with van der Waals surface area (Å²) < 4.78 is 37.4. The summed E-state index contributed by atoms with van der Waals surface area (Å²) in [7, 11) is 0. The highest BCUT2D eigenvalue weighted by Crippen LogP contribution is 2.26. The summed E-state index contributed by atoms with van der Waals surface area (Å²) in [6.07, 6.45) is -3.19. The van der Waals surface area contributed by atoms with E-state index in [-0.39, 0.29) is 12.4 Å². The number of alkyl halides is 3. The van der Waals surface area contributed by atoms with Crippen LogP contribution in [0, 0.1) is 6.92 Å². The Kier molecular flexibility index (Phi) is 5.73. The number of hydrogen-bond donors (Lipinski definition) is 1. The zero-order valence-corrected chi connectivity index (χ0v) is 12.2. The van der Waals surface area contributed by atoms with Crippen molar-refractivity contribution in [1.82, 2.24) is 20.2 Å². The summed E-state index contributed by atoms with van der Waals surface area (Å²) in [4.78, 5) is 9.20. The van der Waals surface area contributed by atoms with Crippen LogP contribution in [0.25, 0.3) is 0 Å². The molecule has 0 saturated carbocycles. The summed E-state index contributed by atoms with van der Waals surface area (Å²) in [5.74, 6) is -1.07. The van der Waals surface area contributed by atoms with Crippen LogP contribution in [0.15, 0.2) is 6.20 Å². The number of aryl methyl sites for hydroxylation is 1. The number of rotatable bonds is 2. The molecule has 114 valence electrons. The highest BCUT2D eigenvalue weighted by Gasteiger charge is 2.35. The van der Waals surface area contributed by atoms with Crippen molar-refractivity contribution in [3.8, 4) is 0 Å². The highest BCUT2D eigenvalue weighted by molar-refractivity contribution is 5.85. The first-order valence-corrected chi connectivity index (χ1v) is 6.22. The summed E-state index contributed by atoms with van der Waals surface area (Å²) in [5.41, 5.74) is 1.15. The molecule has 0 spiro atoms. The van der Waals surface area contributed by atoms with E-state index in [2.05, 4.69) is 27.1 Å². The second-order valence-corrected chi connectivity index (χ2v) is 4.83. The van der Waals surface area contributed by atoms with Crippen molar-refractivity contribution in [2.45, 2.75) is 32.6 Å². The van der Waals surface area contributed by atoms with Crippen LogP contribution in [0.5, 0.6) is 0 Å². The van der Waals surface area contributed by atoms with Gasteiger partial charge < -0.3 is 5.32 Å². The Balaban J connectivity index is 0.00000200. The first-order chi connectivity index (χ1) is 8.88. The van der Waals surface area contributed by atoms with Crippen molar-refractivity contribution in [3.05, 3.63) is 23.3 Å². The molecule has 2 heterocycles. The largest absolute Gasteiger partial charge is 0.451 e. The molecule has 1 aliphatic heterocycles. The van der Waals surface area contributed by atoms with Crippen LogP contribution in [0.1, 0.15) is 24.0 Å². The molecule has 1 fully saturated rings. The average molecular weight is 311 g/mol. The maximum atomic E-state index is 12.5. The lowest BCUT2D eigenvalue weighted by atomic mass is 10.1. The minimum Gasteiger partial charge on any atom is -0.314 e. The van der Waals surface area contributed by atoms with Gasteiger partial charge in [-0.2, -0.15) is 13.2 Å². The molecule has 0 radical (unpaired) electrons. The maximum Gasteiger partial charge on any atom is 0.451 e. The standard InChI is InChI=1S/C12H17F3N4.ClH/c1-8-5-16-3-4-19(8)7-10-6-17-11(12(13,14)15)18-9(10)2;/h6,8,16H,3-5,7H2,1-2H3;1H. The van der Waals surface area contributed by atoms with Gasteiger partial charge in [0.15, 0.2) is 0 Å². The minimum atomic E-state index is -4.48. The van der Waals surface area contributed by atoms with Crippen molar-refractivity contribution >= 4 is 12.4 Å². The van der Waals surface area contributed by atoms with Crippen molar-refractivity contribution in [2.24, 2.45) is 0 Å². The molecule has 1 aliphatic rings. The summed E-state index contributed by atoms with van der Waals surface area (Å²) >= 11 is 0. The molecular weight excluding hydrogens is 293 g/mol. The smallest absolute Gasteiger partial charge is 0.314 e. The summed E-state index contributed by atoms with van der Waals surface area (Å²) in [6, 6.07) is 0.357. The molecule has 4 nitrogen and oxygen atoms in total. The van der Waals surface area contributed by atoms with Gasteiger partial charge in [-0.3, -0.25) is 4.90 Å². The number of nitrogens with zero attached hydrogens (tertiary/aromatic N) is 3. The molecule has 1 aromatic heterocycles. The number of hydrogen-bond acceptors (Lipinski definition) is 4. The van der Waals surface area contributed by atoms with E-state index in [0.29, 0.717) is 18.3 Å². The first kappa shape index (κ1) is 17.1. The Morgan fingerprint density at radius 3 is 2.70 bits per heavy atom. The third-order valence-corrected chi connectivity index (χ3v) is 3.35. The molecule has 1 unspecified atom stereocenters. The van der Waals surface area contributed by atoms with E-state index >= 15 is 0 Å². The van der Waals surface area contributed by atoms with Gasteiger partial charge in [-0.1, -0.05) is 0 Å². The van der Waals surface area contributed by atoms with Crippen LogP contribution in [0.3, 0.4) is 0 Å². The van der Waals surface area contributed by atoms with Crippen LogP contribution < -0.4 is 5.32 Å². The van der Waals surface area contributed by atoms with Crippen LogP contribution >= 0.6 is 12.4 Å². The average Bonchev–Trinajstić information content (AvgIpc) is 2.33. The molecule has 2 rings (SSSR count). The summed E-state index contributed by atoms with van der Waals surface area (Å²) in [5, 5.41) is 3.27. The van der Waals surface area contributed by atoms with Crippen molar-refractivity contribution in [3.63, 3.8) is 0 Å². The fourth-order valence-corrected chi connectivity index (χ4v) is 2.12. The normalized spacial score (nSPS) is 20.6. The molecule has 0 amide bonds. The van der Waals surface area contributed by atoms with Crippen LogP contribution in [-0.4, -0.2) is 40.5 Å². The predicted molar refractivity (Wildman–Crippen MR) is 71.8 cm³/mol. The molecule has 0 aromatic carbocycles. The molecule has 0 aliphatic carbocycles. The van der Waals surface area contributed by atoms with E-state index in [1.165, 1.54) is 6.20 Å². The van der Waals surface area contributed by atoms with E-state index in [4.69, 9.17) is 0 Å². The Bertz CT molecular complexity index is 453. The molecule has 0 bridgehead atoms. The second-order valence-electron chi connectivity index (χ2n) is 4.83. The Morgan fingerprint density at radius 2 is 2.15 bits per heavy atom. The topological polar surface area (TPSA) is 41.1 Å². The van der Waals surface area contributed by atoms with E-state index in [0.717, 1.165) is 25.2 Å². The zero-order valence-electron chi connectivity index (χ0n) is 11.4. The van der Waals surface area contributed by atoms with E-state index < -0.39 is 12.0 Å². The van der Waals surface area contributed by atoms with Crippen LogP contribution in [-0.2, 0) is 12.7 Å². The molecule has 1 N–H and O–H groups in total. The Morgan fingerprint density at radius 1 is 1.45 bits per heavy atom. The van der Waals surface area contributed by atoms with Gasteiger partial charge in [0.1, 0.15) is 0 Å². The van der Waals surface area contributed by atoms with Gasteiger partial charge in [0, 0.05) is 49.7 Å². The predicted octanol–water partition coefficient (Wildman–Crippen LogP) is 2.02. The fraction of sp³-hybridized carbons (Fsp3) is 0.667. The zero-order chi connectivity index (χ0) is 14.0. The van der Waals surface area contributed by atoms with Gasteiger partial charge in [0.2, 0.25) is 5.82 Å². The second kappa shape index (κ2) is 6.69. The first-order valence-electron chi connectivity index (χ1n) is 6.22. The SMILES string of the molecule is Cc1nc(C(F)(F)F)ncc1CN1CCNCC1C.Cl. The molecule has 8 heteroatoms. The number of piperazine rings is 1. The van der Waals surface area contributed by atoms with Crippen molar-refractivity contribution < 1.29 is 13.2 Å². The lowest BCUT2D eigenvalue weighted by Gasteiger charge is -2.34. The monoisotopic (exact) mass is 310 g/mol. The summed E-state index contributed by atoms with van der Waals surface area (Å²) in [6.45, 7) is 6.94. The van der Waals surface area contributed by atoms with Crippen LogP contribution in [0.4, 0.5) is 13.2 Å². The lowest BCUT2D eigenvalue weighted by molar-refractivity contribution is -0.145. The Labute approximate surface area is 122 Å². The molecule has 1 aromatic rings. The van der Waals surface area contributed by atoms with Gasteiger partial charge in [-0.25, -0.2) is 9.97 Å². The van der Waals surface area contributed by atoms with Crippen molar-refractivity contribution in [1.29, 1.82) is 0 Å². The molecule has 1 saturated heterocycles. The quantitative estimate of drug-likeness (QED) is 0.907. The van der Waals surface area contributed by atoms with Gasteiger partial charge in [-0.05, 0) is 13.8 Å². The van der Waals surface area contributed by atoms with E-state index in [9.17, 15) is 13.2 Å². The fourth-order valence-electron chi connectivity index (χ4n) is 2.12. The number of halogens is 4. The van der Waals surface area contributed by atoms with Gasteiger partial charge in [0.25, 0.3) is 0 Å². The maximum absolute atomic E-state index is 12.5. The van der Waals surface area contributed by atoms with E-state index in [1.54, 1.807) is 6.92 Å². The highest BCUT2D eigenvalue weighted by atomic mass is 35.5. The molecule has 1 atom stereocenters. The van der Waals surface area contributed by atoms with Gasteiger partial charge in [-0.15, -0.1) is 12.4 Å². The van der Waals surface area contributed by atoms with Crippen molar-refractivity contribution in [2.75, 3.05) is 19.6 Å². The van der Waals surface area contributed by atoms with Gasteiger partial charge >= 0.3 is 6.18 Å². The van der Waals surface area contributed by atoms with E-state index in [1.807, 2.05) is 0 Å². The van der Waals surface area contributed by atoms with Crippen LogP contribution in [0.2, 0.25) is 0 Å². The molecular formula is C12H18ClF3N4. The lowest BCUT2D eigenvalue weighted by Crippen LogP contribution is -2.49. The third kappa shape index (κ3) is 4.04.